The summed E-state index contributed by atoms with van der Waals surface area (Å²) in [6, 6.07) is 0. The lowest BCUT2D eigenvalue weighted by molar-refractivity contribution is -0.139. The Kier molecular flexibility index (Phi) is 4.42. The summed E-state index contributed by atoms with van der Waals surface area (Å²) in [7, 11) is 0. The largest absolute Gasteiger partial charge is 0.462 e. The van der Waals surface area contributed by atoms with Gasteiger partial charge in [0.1, 0.15) is 0 Å². The molecule has 0 heterocycles. The normalized spacial score (nSPS) is 41.8. The van der Waals surface area contributed by atoms with Crippen LogP contribution in [-0.4, -0.2) is 12.6 Å². The summed E-state index contributed by atoms with van der Waals surface area (Å²) in [5.74, 6) is 6.06. The van der Waals surface area contributed by atoms with Gasteiger partial charge < -0.3 is 4.74 Å². The van der Waals surface area contributed by atoms with Gasteiger partial charge in [0.05, 0.1) is 6.61 Å². The fourth-order valence-electron chi connectivity index (χ4n) is 5.68. The number of ether oxygens (including phenoxy) is 1. The van der Waals surface area contributed by atoms with E-state index < -0.39 is 0 Å². The third-order valence-corrected chi connectivity index (χ3v) is 6.73. The lowest BCUT2D eigenvalue weighted by Crippen LogP contribution is -2.25. The number of hydrogen-bond donors (Lipinski definition) is 0. The molecular weight excluding hydrogens is 260 g/mol. The van der Waals surface area contributed by atoms with Gasteiger partial charge in [-0.1, -0.05) is 26.8 Å². The summed E-state index contributed by atoms with van der Waals surface area (Å²) in [6.45, 7) is 8.82. The summed E-state index contributed by atoms with van der Waals surface area (Å²) in [5, 5.41) is 0. The van der Waals surface area contributed by atoms with Crippen molar-refractivity contribution >= 4 is 5.97 Å². The highest BCUT2D eigenvalue weighted by Crippen LogP contribution is 2.63. The number of rotatable bonds is 6. The highest BCUT2D eigenvalue weighted by atomic mass is 16.5. The summed E-state index contributed by atoms with van der Waals surface area (Å²) in [6.07, 6.45) is 9.62. The Bertz CT molecular complexity index is 402. The summed E-state index contributed by atoms with van der Waals surface area (Å²) in [4.78, 5) is 11.2. The van der Waals surface area contributed by atoms with Crippen LogP contribution < -0.4 is 0 Å². The Morgan fingerprint density at radius 3 is 2.71 bits per heavy atom. The van der Waals surface area contributed by atoms with E-state index in [0.29, 0.717) is 12.5 Å². The molecule has 0 aliphatic heterocycles. The van der Waals surface area contributed by atoms with Crippen LogP contribution in [0.15, 0.2) is 12.7 Å². The predicted octanol–water partition coefficient (Wildman–Crippen LogP) is 4.45. The van der Waals surface area contributed by atoms with Crippen molar-refractivity contribution in [1.29, 1.82) is 0 Å². The van der Waals surface area contributed by atoms with Crippen molar-refractivity contribution in [3.8, 4) is 0 Å². The van der Waals surface area contributed by atoms with Gasteiger partial charge in [0.2, 0.25) is 0 Å². The zero-order valence-electron chi connectivity index (χ0n) is 13.6. The van der Waals surface area contributed by atoms with Gasteiger partial charge in [-0.3, -0.25) is 0 Å². The van der Waals surface area contributed by atoms with Crippen LogP contribution in [0.5, 0.6) is 0 Å². The Morgan fingerprint density at radius 1 is 1.24 bits per heavy atom. The molecule has 3 fully saturated rings. The molecular formula is C19H30O2. The number of hydrogen-bond acceptors (Lipinski definition) is 2. The van der Waals surface area contributed by atoms with Gasteiger partial charge >= 0.3 is 5.97 Å². The van der Waals surface area contributed by atoms with Gasteiger partial charge in [-0.25, -0.2) is 4.79 Å². The minimum Gasteiger partial charge on any atom is -0.462 e. The summed E-state index contributed by atoms with van der Waals surface area (Å²) in [5.41, 5.74) is 0. The maximum atomic E-state index is 11.2. The lowest BCUT2D eigenvalue weighted by Gasteiger charge is -2.32. The van der Waals surface area contributed by atoms with Crippen LogP contribution in [0.3, 0.4) is 0 Å². The monoisotopic (exact) mass is 290 g/mol. The van der Waals surface area contributed by atoms with Gasteiger partial charge in [-0.15, -0.1) is 0 Å². The quantitative estimate of drug-likeness (QED) is 0.533. The van der Waals surface area contributed by atoms with E-state index in [-0.39, 0.29) is 5.97 Å². The molecule has 2 heteroatoms. The van der Waals surface area contributed by atoms with E-state index >= 15 is 0 Å². The zero-order chi connectivity index (χ0) is 15.0. The Morgan fingerprint density at radius 2 is 2.00 bits per heavy atom. The van der Waals surface area contributed by atoms with E-state index in [1.165, 1.54) is 44.6 Å². The van der Waals surface area contributed by atoms with Crippen LogP contribution in [0.1, 0.15) is 52.4 Å². The SMILES string of the molecule is C=CC(=O)OCC1CC2C3C[C@@H](CC3CC(C)CC)C2C1. The minimum atomic E-state index is -0.260. The fraction of sp³-hybridized carbons (Fsp3) is 0.842. The first-order valence-electron chi connectivity index (χ1n) is 8.91. The Balaban J connectivity index is 1.54. The zero-order valence-corrected chi connectivity index (χ0v) is 13.6. The van der Waals surface area contributed by atoms with E-state index in [0.717, 1.165) is 35.5 Å². The van der Waals surface area contributed by atoms with Crippen molar-refractivity contribution in [2.75, 3.05) is 6.61 Å². The third-order valence-electron chi connectivity index (χ3n) is 6.73. The van der Waals surface area contributed by atoms with E-state index in [4.69, 9.17) is 4.74 Å². The van der Waals surface area contributed by atoms with Gasteiger partial charge in [0.15, 0.2) is 0 Å². The van der Waals surface area contributed by atoms with Crippen LogP contribution in [0.4, 0.5) is 0 Å². The molecule has 0 amide bonds. The Labute approximate surface area is 129 Å². The van der Waals surface area contributed by atoms with E-state index in [2.05, 4.69) is 20.4 Å². The molecule has 0 aromatic heterocycles. The maximum Gasteiger partial charge on any atom is 0.330 e. The summed E-state index contributed by atoms with van der Waals surface area (Å²) >= 11 is 0. The average Bonchev–Trinajstić information content (AvgIpc) is 3.14. The molecule has 0 spiro atoms. The van der Waals surface area contributed by atoms with Crippen LogP contribution in [0, 0.1) is 41.4 Å². The molecule has 2 nitrogen and oxygen atoms in total. The molecule has 7 atom stereocenters. The standard InChI is InChI=1S/C19H30O2/c1-4-12(3)6-14-9-15-10-17(14)18-8-13(7-16(15)18)11-21-19(20)5-2/h5,12-18H,2,4,6-11H2,1,3H3/t12?,13?,14?,15-,16?,17?,18?/m1/s1. The second-order valence-corrected chi connectivity index (χ2v) is 7.90. The van der Waals surface area contributed by atoms with Crippen molar-refractivity contribution in [3.05, 3.63) is 12.7 Å². The molecule has 0 radical (unpaired) electrons. The lowest BCUT2D eigenvalue weighted by atomic mass is 9.73. The van der Waals surface area contributed by atoms with Crippen LogP contribution in [0.2, 0.25) is 0 Å². The molecule has 3 aliphatic rings. The van der Waals surface area contributed by atoms with Crippen molar-refractivity contribution in [3.63, 3.8) is 0 Å². The van der Waals surface area contributed by atoms with Crippen molar-refractivity contribution in [2.24, 2.45) is 41.4 Å². The molecule has 21 heavy (non-hydrogen) atoms. The average molecular weight is 290 g/mol. The number of carbonyl (C=O) groups excluding carboxylic acids is 1. The maximum absolute atomic E-state index is 11.2. The van der Waals surface area contributed by atoms with Crippen LogP contribution in [-0.2, 0) is 9.53 Å². The molecule has 3 aliphatic carbocycles. The molecule has 0 aromatic carbocycles. The second kappa shape index (κ2) is 6.14. The molecule has 3 rings (SSSR count). The van der Waals surface area contributed by atoms with Gasteiger partial charge in [-0.05, 0) is 73.5 Å². The molecule has 0 saturated heterocycles. The van der Waals surface area contributed by atoms with Crippen LogP contribution in [0.25, 0.3) is 0 Å². The number of fused-ring (bicyclic) bond motifs is 5. The molecule has 0 aromatic rings. The van der Waals surface area contributed by atoms with Gasteiger partial charge in [-0.2, -0.15) is 0 Å². The summed E-state index contributed by atoms with van der Waals surface area (Å²) < 4.78 is 5.28. The minimum absolute atomic E-state index is 0.260. The first-order valence-corrected chi connectivity index (χ1v) is 8.91. The number of esters is 1. The second-order valence-electron chi connectivity index (χ2n) is 7.90. The smallest absolute Gasteiger partial charge is 0.330 e. The van der Waals surface area contributed by atoms with Crippen molar-refractivity contribution in [2.45, 2.75) is 52.4 Å². The highest BCUT2D eigenvalue weighted by Gasteiger charge is 2.55. The molecule has 118 valence electrons. The first-order chi connectivity index (χ1) is 10.1. The Hall–Kier alpha value is -0.790. The van der Waals surface area contributed by atoms with Crippen LogP contribution >= 0.6 is 0 Å². The third kappa shape index (κ3) is 2.91. The molecule has 0 N–H and O–H groups in total. The molecule has 3 saturated carbocycles. The first kappa shape index (κ1) is 15.1. The number of carbonyl (C=O) groups is 1. The fourth-order valence-corrected chi connectivity index (χ4v) is 5.68. The topological polar surface area (TPSA) is 26.3 Å². The van der Waals surface area contributed by atoms with E-state index in [1.807, 2.05) is 0 Å². The predicted molar refractivity (Wildman–Crippen MR) is 84.6 cm³/mol. The van der Waals surface area contributed by atoms with Gasteiger partial charge in [0, 0.05) is 6.08 Å². The molecule has 2 bridgehead atoms. The molecule has 6 unspecified atom stereocenters. The van der Waals surface area contributed by atoms with Gasteiger partial charge in [0.25, 0.3) is 0 Å². The van der Waals surface area contributed by atoms with E-state index in [1.54, 1.807) is 0 Å². The van der Waals surface area contributed by atoms with Crippen molar-refractivity contribution < 1.29 is 9.53 Å². The highest BCUT2D eigenvalue weighted by molar-refractivity contribution is 5.81. The van der Waals surface area contributed by atoms with E-state index in [9.17, 15) is 4.79 Å². The van der Waals surface area contributed by atoms with Crippen molar-refractivity contribution in [1.82, 2.24) is 0 Å².